The highest BCUT2D eigenvalue weighted by molar-refractivity contribution is 9.09. The van der Waals surface area contributed by atoms with Gasteiger partial charge in [0.05, 0.1) is 6.20 Å². The molecule has 2 atom stereocenters. The summed E-state index contributed by atoms with van der Waals surface area (Å²) >= 11 is 3.64. The number of aromatic nitrogens is 3. The van der Waals surface area contributed by atoms with Gasteiger partial charge in [0.25, 0.3) is 5.91 Å². The van der Waals surface area contributed by atoms with E-state index in [2.05, 4.69) is 36.7 Å². The Morgan fingerprint density at radius 1 is 1.44 bits per heavy atom. The Morgan fingerprint density at radius 3 is 3.00 bits per heavy atom. The van der Waals surface area contributed by atoms with Crippen LogP contribution in [0, 0.1) is 0 Å². The number of nitrogens with one attached hydrogen (secondary N) is 2. The van der Waals surface area contributed by atoms with Crippen LogP contribution in [-0.2, 0) is 0 Å². The van der Waals surface area contributed by atoms with Crippen molar-refractivity contribution in [2.24, 2.45) is 0 Å². The van der Waals surface area contributed by atoms with E-state index in [-0.39, 0.29) is 11.9 Å². The molecule has 88 valence electrons. The van der Waals surface area contributed by atoms with Crippen molar-refractivity contribution in [3.63, 3.8) is 0 Å². The molecule has 16 heavy (non-hydrogen) atoms. The summed E-state index contributed by atoms with van der Waals surface area (Å²) in [5, 5.41) is 12.8. The molecule has 1 aliphatic rings. The molecule has 0 aromatic carbocycles. The molecule has 1 aromatic rings. The number of hydrogen-bond acceptors (Lipinski definition) is 3. The number of carbonyl (C=O) groups is 1. The van der Waals surface area contributed by atoms with E-state index in [0.717, 1.165) is 12.8 Å². The van der Waals surface area contributed by atoms with Crippen molar-refractivity contribution in [3.05, 3.63) is 11.9 Å². The SMILES string of the molecule is O=C(NC1CCCCCC1Br)c1cn[nH]n1. The lowest BCUT2D eigenvalue weighted by Gasteiger charge is -2.20. The van der Waals surface area contributed by atoms with Gasteiger partial charge in [-0.25, -0.2) is 0 Å². The minimum Gasteiger partial charge on any atom is -0.347 e. The summed E-state index contributed by atoms with van der Waals surface area (Å²) in [4.78, 5) is 12.1. The van der Waals surface area contributed by atoms with Crippen molar-refractivity contribution in [3.8, 4) is 0 Å². The lowest BCUT2D eigenvalue weighted by molar-refractivity contribution is 0.0929. The number of alkyl halides is 1. The molecular weight excluding hydrogens is 272 g/mol. The summed E-state index contributed by atoms with van der Waals surface area (Å²) in [6, 6.07) is 0.201. The van der Waals surface area contributed by atoms with Crippen LogP contribution in [0.1, 0.15) is 42.6 Å². The molecule has 0 saturated heterocycles. The zero-order chi connectivity index (χ0) is 11.4. The number of aromatic amines is 1. The molecule has 1 aliphatic carbocycles. The van der Waals surface area contributed by atoms with Crippen molar-refractivity contribution in [1.82, 2.24) is 20.7 Å². The van der Waals surface area contributed by atoms with Crippen LogP contribution in [0.5, 0.6) is 0 Å². The predicted molar refractivity (Wildman–Crippen MR) is 63.4 cm³/mol. The molecule has 0 radical (unpaired) electrons. The van der Waals surface area contributed by atoms with Crippen LogP contribution in [0.3, 0.4) is 0 Å². The zero-order valence-corrected chi connectivity index (χ0v) is 10.5. The van der Waals surface area contributed by atoms with Gasteiger partial charge in [-0.05, 0) is 12.8 Å². The smallest absolute Gasteiger partial charge is 0.273 e. The van der Waals surface area contributed by atoms with E-state index < -0.39 is 0 Å². The summed E-state index contributed by atoms with van der Waals surface area (Å²) in [5.74, 6) is -0.148. The fraction of sp³-hybridized carbons (Fsp3) is 0.700. The lowest BCUT2D eigenvalue weighted by atomic mass is 10.1. The third kappa shape index (κ3) is 2.81. The van der Waals surface area contributed by atoms with E-state index in [4.69, 9.17) is 0 Å². The maximum atomic E-state index is 11.8. The Kier molecular flexibility index (Phi) is 3.93. The van der Waals surface area contributed by atoms with E-state index in [0.29, 0.717) is 10.5 Å². The molecule has 2 rings (SSSR count). The molecular formula is C10H15BrN4O. The molecule has 1 aromatic heterocycles. The third-order valence-corrected chi connectivity index (χ3v) is 3.99. The van der Waals surface area contributed by atoms with Gasteiger partial charge >= 0.3 is 0 Å². The van der Waals surface area contributed by atoms with Gasteiger partial charge in [-0.2, -0.15) is 15.4 Å². The maximum Gasteiger partial charge on any atom is 0.273 e. The number of nitrogens with zero attached hydrogens (tertiary/aromatic N) is 2. The molecule has 1 fully saturated rings. The first kappa shape index (κ1) is 11.6. The molecule has 0 bridgehead atoms. The van der Waals surface area contributed by atoms with E-state index in [1.165, 1.54) is 25.5 Å². The molecule has 0 spiro atoms. The van der Waals surface area contributed by atoms with Crippen LogP contribution in [0.25, 0.3) is 0 Å². The van der Waals surface area contributed by atoms with Gasteiger partial charge in [0.2, 0.25) is 0 Å². The Morgan fingerprint density at radius 2 is 2.25 bits per heavy atom. The van der Waals surface area contributed by atoms with E-state index in [9.17, 15) is 4.79 Å². The van der Waals surface area contributed by atoms with Gasteiger partial charge in [0.15, 0.2) is 5.69 Å². The second-order valence-corrected chi connectivity index (χ2v) is 5.27. The van der Waals surface area contributed by atoms with E-state index >= 15 is 0 Å². The fourth-order valence-corrected chi connectivity index (χ4v) is 2.70. The topological polar surface area (TPSA) is 70.7 Å². The quantitative estimate of drug-likeness (QED) is 0.641. The van der Waals surface area contributed by atoms with Crippen molar-refractivity contribution >= 4 is 21.8 Å². The second-order valence-electron chi connectivity index (χ2n) is 4.09. The van der Waals surface area contributed by atoms with Crippen LogP contribution < -0.4 is 5.32 Å². The van der Waals surface area contributed by atoms with Gasteiger partial charge in [-0.3, -0.25) is 4.79 Å². The van der Waals surface area contributed by atoms with Crippen molar-refractivity contribution in [2.45, 2.75) is 43.0 Å². The van der Waals surface area contributed by atoms with Gasteiger partial charge in [0.1, 0.15) is 0 Å². The number of carbonyl (C=O) groups excluding carboxylic acids is 1. The van der Waals surface area contributed by atoms with Gasteiger partial charge in [-0.15, -0.1) is 0 Å². The molecule has 5 nitrogen and oxygen atoms in total. The number of H-pyrrole nitrogens is 1. The average Bonchev–Trinajstić information content (AvgIpc) is 2.73. The standard InChI is InChI=1S/C10H15BrN4O/c11-7-4-2-1-3-5-8(7)13-10(16)9-6-12-15-14-9/h6-8H,1-5H2,(H,13,16)(H,12,14,15). The molecule has 2 N–H and O–H groups in total. The molecule has 1 heterocycles. The summed E-state index contributed by atoms with van der Waals surface area (Å²) in [5.41, 5.74) is 0.351. The Bertz CT molecular complexity index is 341. The number of amides is 1. The third-order valence-electron chi connectivity index (χ3n) is 2.90. The van der Waals surface area contributed by atoms with Crippen LogP contribution >= 0.6 is 15.9 Å². The second kappa shape index (κ2) is 5.43. The highest BCUT2D eigenvalue weighted by Gasteiger charge is 2.23. The molecule has 0 aliphatic heterocycles. The predicted octanol–water partition coefficient (Wildman–Crippen LogP) is 1.63. The Balaban J connectivity index is 1.95. The molecule has 2 unspecified atom stereocenters. The highest BCUT2D eigenvalue weighted by Crippen LogP contribution is 2.23. The van der Waals surface area contributed by atoms with Crippen LogP contribution in [0.4, 0.5) is 0 Å². The first-order valence-electron chi connectivity index (χ1n) is 5.58. The summed E-state index contributed by atoms with van der Waals surface area (Å²) in [6.45, 7) is 0. The van der Waals surface area contributed by atoms with Crippen molar-refractivity contribution < 1.29 is 4.79 Å². The first-order chi connectivity index (χ1) is 7.77. The van der Waals surface area contributed by atoms with Gasteiger partial charge in [0, 0.05) is 10.9 Å². The molecule has 1 saturated carbocycles. The summed E-state index contributed by atoms with van der Waals surface area (Å²) in [7, 11) is 0. The highest BCUT2D eigenvalue weighted by atomic mass is 79.9. The normalized spacial score (nSPS) is 26.1. The van der Waals surface area contributed by atoms with Crippen LogP contribution in [-0.4, -0.2) is 32.2 Å². The summed E-state index contributed by atoms with van der Waals surface area (Å²) in [6.07, 6.45) is 7.23. The average molecular weight is 287 g/mol. The largest absolute Gasteiger partial charge is 0.347 e. The van der Waals surface area contributed by atoms with Crippen LogP contribution in [0.2, 0.25) is 0 Å². The lowest BCUT2D eigenvalue weighted by Crippen LogP contribution is -2.40. The van der Waals surface area contributed by atoms with Crippen LogP contribution in [0.15, 0.2) is 6.20 Å². The number of hydrogen-bond donors (Lipinski definition) is 2. The van der Waals surface area contributed by atoms with E-state index in [1.54, 1.807) is 0 Å². The molecule has 1 amide bonds. The Hall–Kier alpha value is -0.910. The zero-order valence-electron chi connectivity index (χ0n) is 8.95. The van der Waals surface area contributed by atoms with Gasteiger partial charge in [-0.1, -0.05) is 35.2 Å². The summed E-state index contributed by atoms with van der Waals surface area (Å²) < 4.78 is 0. The monoisotopic (exact) mass is 286 g/mol. The first-order valence-corrected chi connectivity index (χ1v) is 6.49. The number of rotatable bonds is 2. The minimum absolute atomic E-state index is 0.148. The Labute approximate surface area is 103 Å². The van der Waals surface area contributed by atoms with Gasteiger partial charge < -0.3 is 5.32 Å². The maximum absolute atomic E-state index is 11.8. The number of halogens is 1. The molecule has 6 heteroatoms. The van der Waals surface area contributed by atoms with Crippen molar-refractivity contribution in [2.75, 3.05) is 0 Å². The fourth-order valence-electron chi connectivity index (χ4n) is 1.98. The van der Waals surface area contributed by atoms with E-state index in [1.807, 2.05) is 0 Å². The minimum atomic E-state index is -0.148. The van der Waals surface area contributed by atoms with Crippen molar-refractivity contribution in [1.29, 1.82) is 0 Å².